The van der Waals surface area contributed by atoms with Crippen LogP contribution in [0.15, 0.2) is 219 Å². The fourth-order valence-corrected chi connectivity index (χ4v) is 12.0. The number of hydrogen-bond acceptors (Lipinski definition) is 0. The standard InChI is InChI=1S/C66H40/c1-3-40-41(4-2)61-37-59(49-26-12-17-31-54(49)64(61)51-28-14-9-19-42(40)51)60-38-63-47-24-8-6-22-45(47)58-35-39(33-34-56(58)66(63)55-32-18-13-27-50(55)60)57-36-62-46-23-7-5-20-43(46)44-21-10-15-29-52(44)65(62)53-30-16-11-25-48(53)57/h3-38H,1-2H2. The molecule has 0 unspecified atom stereocenters. The van der Waals surface area contributed by atoms with Crippen molar-refractivity contribution in [2.24, 2.45) is 0 Å². The van der Waals surface area contributed by atoms with Crippen molar-refractivity contribution in [2.75, 3.05) is 0 Å². The van der Waals surface area contributed by atoms with Gasteiger partial charge in [0, 0.05) is 0 Å². The van der Waals surface area contributed by atoms with Gasteiger partial charge in [-0.15, -0.1) is 0 Å². The van der Waals surface area contributed by atoms with E-state index >= 15 is 0 Å². The Morgan fingerprint density at radius 2 is 0.500 bits per heavy atom. The highest BCUT2D eigenvalue weighted by Crippen LogP contribution is 2.49. The van der Waals surface area contributed by atoms with E-state index in [1.54, 1.807) is 0 Å². The lowest BCUT2D eigenvalue weighted by molar-refractivity contribution is 1.70. The molecule has 0 atom stereocenters. The zero-order valence-electron chi connectivity index (χ0n) is 36.2. The van der Waals surface area contributed by atoms with Crippen molar-refractivity contribution in [1.82, 2.24) is 0 Å². The minimum absolute atomic E-state index is 1.11. The molecule has 0 nitrogen and oxygen atoms in total. The van der Waals surface area contributed by atoms with Crippen LogP contribution in [0.25, 0.3) is 153 Å². The monoisotopic (exact) mass is 832 g/mol. The second kappa shape index (κ2) is 14.0. The summed E-state index contributed by atoms with van der Waals surface area (Å²) < 4.78 is 0. The Hall–Kier alpha value is -8.58. The second-order valence-electron chi connectivity index (χ2n) is 17.9. The highest BCUT2D eigenvalue weighted by atomic mass is 14.2. The fourth-order valence-electron chi connectivity index (χ4n) is 12.0. The summed E-state index contributed by atoms with van der Waals surface area (Å²) in [6.07, 6.45) is 4.01. The van der Waals surface area contributed by atoms with Gasteiger partial charge >= 0.3 is 0 Å². The first-order chi connectivity index (χ1) is 32.7. The molecule has 14 rings (SSSR count). The highest BCUT2D eigenvalue weighted by Gasteiger charge is 2.21. The Labute approximate surface area is 381 Å². The van der Waals surface area contributed by atoms with E-state index in [9.17, 15) is 0 Å². The first-order valence-corrected chi connectivity index (χ1v) is 22.9. The van der Waals surface area contributed by atoms with Crippen molar-refractivity contribution >= 4 is 131 Å². The van der Waals surface area contributed by atoms with Gasteiger partial charge in [0.2, 0.25) is 0 Å². The molecule has 0 aliphatic rings. The minimum atomic E-state index is 1.11. The van der Waals surface area contributed by atoms with Crippen molar-refractivity contribution in [2.45, 2.75) is 0 Å². The molecule has 0 aromatic heterocycles. The summed E-state index contributed by atoms with van der Waals surface area (Å²) in [6, 6.07) is 77.2. The maximum Gasteiger partial charge on any atom is -0.00199 e. The van der Waals surface area contributed by atoms with Crippen LogP contribution in [0.4, 0.5) is 0 Å². The van der Waals surface area contributed by atoms with E-state index in [0.717, 1.165) is 11.1 Å². The number of hydrogen-bond donors (Lipinski definition) is 0. The van der Waals surface area contributed by atoms with Crippen molar-refractivity contribution in [3.63, 3.8) is 0 Å². The summed E-state index contributed by atoms with van der Waals surface area (Å²) in [6.45, 7) is 8.65. The molecule has 0 saturated carbocycles. The van der Waals surface area contributed by atoms with Crippen LogP contribution in [0.5, 0.6) is 0 Å². The summed E-state index contributed by atoms with van der Waals surface area (Å²) in [7, 11) is 0. The summed E-state index contributed by atoms with van der Waals surface area (Å²) in [5.41, 5.74) is 7.14. The average Bonchev–Trinajstić information content (AvgIpc) is 3.39. The zero-order chi connectivity index (χ0) is 43.6. The van der Waals surface area contributed by atoms with E-state index in [4.69, 9.17) is 0 Å². The van der Waals surface area contributed by atoms with Crippen molar-refractivity contribution in [3.05, 3.63) is 231 Å². The van der Waals surface area contributed by atoms with Crippen LogP contribution in [-0.4, -0.2) is 0 Å². The fraction of sp³-hybridized carbons (Fsp3) is 0. The van der Waals surface area contributed by atoms with Crippen molar-refractivity contribution in [1.29, 1.82) is 0 Å². The summed E-state index contributed by atoms with van der Waals surface area (Å²) >= 11 is 0. The van der Waals surface area contributed by atoms with Crippen molar-refractivity contribution < 1.29 is 0 Å². The third-order valence-corrected chi connectivity index (χ3v) is 14.7. The molecule has 0 heteroatoms. The van der Waals surface area contributed by atoms with E-state index in [1.165, 1.54) is 141 Å². The summed E-state index contributed by atoms with van der Waals surface area (Å²) in [4.78, 5) is 0. The molecule has 0 fully saturated rings. The van der Waals surface area contributed by atoms with E-state index in [0.29, 0.717) is 0 Å². The quantitative estimate of drug-likeness (QED) is 0.155. The first-order valence-electron chi connectivity index (χ1n) is 22.9. The molecule has 14 aromatic carbocycles. The van der Waals surface area contributed by atoms with Crippen LogP contribution in [0.3, 0.4) is 0 Å². The van der Waals surface area contributed by atoms with Gasteiger partial charge in [-0.25, -0.2) is 0 Å². The molecular formula is C66H40. The van der Waals surface area contributed by atoms with Gasteiger partial charge in [0.1, 0.15) is 0 Å². The number of fused-ring (bicyclic) bond motifs is 21. The van der Waals surface area contributed by atoms with E-state index in [-0.39, 0.29) is 0 Å². The smallest absolute Gasteiger partial charge is 0.00199 e. The third kappa shape index (κ3) is 4.99. The Morgan fingerprint density at radius 1 is 0.212 bits per heavy atom. The van der Waals surface area contributed by atoms with Gasteiger partial charge in [0.25, 0.3) is 0 Å². The van der Waals surface area contributed by atoms with Gasteiger partial charge in [-0.3, -0.25) is 0 Å². The molecule has 0 heterocycles. The maximum atomic E-state index is 4.36. The highest BCUT2D eigenvalue weighted by molar-refractivity contribution is 6.36. The number of benzene rings is 14. The van der Waals surface area contributed by atoms with Crippen LogP contribution >= 0.6 is 0 Å². The number of rotatable bonds is 4. The van der Waals surface area contributed by atoms with Crippen LogP contribution < -0.4 is 0 Å². The average molecular weight is 833 g/mol. The summed E-state index contributed by atoms with van der Waals surface area (Å²) in [5, 5.41) is 27.7. The Kier molecular flexibility index (Phi) is 7.80. The molecule has 304 valence electrons. The van der Waals surface area contributed by atoms with Gasteiger partial charge in [-0.2, -0.15) is 0 Å². The first kappa shape index (κ1) is 36.9. The van der Waals surface area contributed by atoms with Crippen LogP contribution in [0.1, 0.15) is 11.1 Å². The lowest BCUT2D eigenvalue weighted by Gasteiger charge is -2.20. The van der Waals surface area contributed by atoms with Gasteiger partial charge in [-0.05, 0) is 176 Å². The van der Waals surface area contributed by atoms with E-state index < -0.39 is 0 Å². The van der Waals surface area contributed by atoms with Gasteiger partial charge < -0.3 is 0 Å². The normalized spacial score (nSPS) is 12.1. The molecule has 0 aliphatic carbocycles. The van der Waals surface area contributed by atoms with Crippen molar-refractivity contribution in [3.8, 4) is 22.3 Å². The largest absolute Gasteiger partial charge is 0.0984 e. The Morgan fingerprint density at radius 3 is 0.985 bits per heavy atom. The Bertz CT molecular complexity index is 4490. The molecule has 0 amide bonds. The molecular weight excluding hydrogens is 793 g/mol. The molecule has 0 spiro atoms. The third-order valence-electron chi connectivity index (χ3n) is 14.7. The SMILES string of the molecule is C=Cc1c(C=C)c2cc(-c3cc4c5ccccc5c5cc(-c6cc7c8ccccc8c8ccccc8c7c7ccccc67)ccc5c4c4ccccc34)c3ccccc3c2c2ccccc12. The predicted molar refractivity (Wildman–Crippen MR) is 290 cm³/mol. The lowest BCUT2D eigenvalue weighted by atomic mass is 9.83. The molecule has 0 radical (unpaired) electrons. The van der Waals surface area contributed by atoms with Crippen LogP contribution in [0.2, 0.25) is 0 Å². The van der Waals surface area contributed by atoms with Crippen LogP contribution in [0, 0.1) is 0 Å². The summed E-state index contributed by atoms with van der Waals surface area (Å²) in [5.74, 6) is 0. The molecule has 0 bridgehead atoms. The Balaban J connectivity index is 1.08. The van der Waals surface area contributed by atoms with E-state index in [1.807, 2.05) is 12.2 Å². The molecule has 66 heavy (non-hydrogen) atoms. The predicted octanol–water partition coefficient (Wildman–Crippen LogP) is 19.0. The van der Waals surface area contributed by atoms with Gasteiger partial charge in [-0.1, -0.05) is 207 Å². The maximum absolute atomic E-state index is 4.36. The molecule has 0 aliphatic heterocycles. The molecule has 0 N–H and O–H groups in total. The minimum Gasteiger partial charge on any atom is -0.0984 e. The second-order valence-corrected chi connectivity index (χ2v) is 17.9. The van der Waals surface area contributed by atoms with Gasteiger partial charge in [0.15, 0.2) is 0 Å². The lowest BCUT2D eigenvalue weighted by Crippen LogP contribution is -1.94. The van der Waals surface area contributed by atoms with Crippen LogP contribution in [-0.2, 0) is 0 Å². The van der Waals surface area contributed by atoms with E-state index in [2.05, 4.69) is 219 Å². The zero-order valence-corrected chi connectivity index (χ0v) is 36.2. The topological polar surface area (TPSA) is 0 Å². The van der Waals surface area contributed by atoms with Gasteiger partial charge in [0.05, 0.1) is 0 Å². The molecule has 14 aromatic rings. The molecule has 0 saturated heterocycles.